The van der Waals surface area contributed by atoms with Crippen molar-refractivity contribution in [3.05, 3.63) is 172 Å². The molecule has 0 saturated carbocycles. The maximum atomic E-state index is 14.6. The molecule has 568 valence electrons. The molecule has 5 aromatic carbocycles. The quantitative estimate of drug-likeness (QED) is 0.0251. The molecule has 3 fully saturated rings. The number of unbranched alkanes of at least 4 members (excludes halogenated alkanes) is 1. The number of piperazine rings is 2. The minimum Gasteiger partial charge on any atom is -0.476 e. The molecule has 29 heteroatoms. The number of sulfone groups is 1. The number of thioether (sulfide) groups is 1. The number of allylic oxidation sites excluding steroid dienone is 1. The average Bonchev–Trinajstić information content (AvgIpc) is 1.41. The molecule has 0 spiro atoms. The number of ether oxygens (including phenoxy) is 1. The van der Waals surface area contributed by atoms with Gasteiger partial charge in [0.25, 0.3) is 31.6 Å². The molecule has 5 atom stereocenters. The Hall–Kier alpha value is -7.83. The van der Waals surface area contributed by atoms with E-state index in [0.29, 0.717) is 76.2 Å². The zero-order valence-electron chi connectivity index (χ0n) is 60.3. The number of likely N-dealkylation sites (tertiary alicyclic amines) is 1. The monoisotopic (exact) mass is 1550 g/mol. The second kappa shape index (κ2) is 34.6. The Morgan fingerprint density at radius 3 is 2.20 bits per heavy atom. The maximum absolute atomic E-state index is 14.6. The van der Waals surface area contributed by atoms with E-state index in [1.54, 1.807) is 39.9 Å². The lowest BCUT2D eigenvalue weighted by Gasteiger charge is -2.39. The van der Waals surface area contributed by atoms with Gasteiger partial charge in [0, 0.05) is 124 Å². The van der Waals surface area contributed by atoms with Crippen LogP contribution in [0.15, 0.2) is 158 Å². The molecule has 4 N–H and O–H groups in total. The highest BCUT2D eigenvalue weighted by atomic mass is 35.5. The fraction of sp³-hybridized carbons (Fsp3) is 0.455. The third kappa shape index (κ3) is 19.9. The summed E-state index contributed by atoms with van der Waals surface area (Å²) in [6, 6.07) is 33.5. The van der Waals surface area contributed by atoms with Crippen molar-refractivity contribution in [2.75, 3.05) is 94.6 Å². The summed E-state index contributed by atoms with van der Waals surface area (Å²) in [5.74, 6) is -2.32. The van der Waals surface area contributed by atoms with E-state index in [9.17, 15) is 54.3 Å². The van der Waals surface area contributed by atoms with E-state index in [2.05, 4.69) is 61.5 Å². The number of carbonyl (C=O) groups excluding carboxylic acids is 4. The van der Waals surface area contributed by atoms with Crippen LogP contribution in [0.4, 0.5) is 24.5 Å². The number of nitrogens with one attached hydrogen (secondary N) is 3. The summed E-state index contributed by atoms with van der Waals surface area (Å²) in [6.45, 7) is 18.3. The molecule has 11 rings (SSSR count). The summed E-state index contributed by atoms with van der Waals surface area (Å²) in [7, 11) is -11.1. The van der Waals surface area contributed by atoms with Gasteiger partial charge in [-0.15, -0.1) is 23.1 Å². The Kier molecular flexibility index (Phi) is 25.9. The second-order valence-electron chi connectivity index (χ2n) is 28.9. The van der Waals surface area contributed by atoms with Crippen LogP contribution < -0.4 is 25.0 Å². The van der Waals surface area contributed by atoms with E-state index in [-0.39, 0.29) is 84.0 Å². The van der Waals surface area contributed by atoms with Crippen LogP contribution >= 0.6 is 34.7 Å². The van der Waals surface area contributed by atoms with Gasteiger partial charge in [0.1, 0.15) is 16.9 Å². The van der Waals surface area contributed by atoms with E-state index < -0.39 is 70.9 Å². The lowest BCUT2D eigenvalue weighted by atomic mass is 9.73. The number of carbonyl (C=O) groups is 4. The van der Waals surface area contributed by atoms with Crippen LogP contribution in [0.2, 0.25) is 5.02 Å². The van der Waals surface area contributed by atoms with Gasteiger partial charge in [-0.3, -0.25) is 29.0 Å². The number of aliphatic hydroxyl groups excluding tert-OH is 1. The smallest absolute Gasteiger partial charge is 0.476 e. The molecule has 7 aromatic rings. The number of aliphatic hydroxyl groups is 1. The van der Waals surface area contributed by atoms with E-state index in [0.717, 1.165) is 83.3 Å². The molecule has 0 bridgehead atoms. The summed E-state index contributed by atoms with van der Waals surface area (Å²) < 4.78 is 112. The second-order valence-corrected chi connectivity index (χ2v) is 34.8. The highest BCUT2D eigenvalue weighted by Gasteiger charge is 2.49. The number of β-amino-alcohol motifs (C(OH)–C–C–N with tert-alkyl or cyclic N) is 1. The highest BCUT2D eigenvalue weighted by molar-refractivity contribution is 7.99. The summed E-state index contributed by atoms with van der Waals surface area (Å²) in [6.07, 6.45) is 3.80. The van der Waals surface area contributed by atoms with Crippen molar-refractivity contribution in [3.8, 4) is 16.3 Å². The van der Waals surface area contributed by atoms with Gasteiger partial charge >= 0.3 is 5.51 Å². The first-order valence-corrected chi connectivity index (χ1v) is 41.1. The predicted octanol–water partition coefficient (Wildman–Crippen LogP) is 12.9. The number of anilines is 2. The Labute approximate surface area is 631 Å². The lowest BCUT2D eigenvalue weighted by molar-refractivity contribution is -0.141. The first-order chi connectivity index (χ1) is 50.5. The van der Waals surface area contributed by atoms with Crippen LogP contribution in [0.25, 0.3) is 16.0 Å². The zero-order valence-corrected chi connectivity index (χ0v) is 64.3. The van der Waals surface area contributed by atoms with Crippen molar-refractivity contribution in [3.63, 3.8) is 0 Å². The Bertz CT molecular complexity index is 4470. The number of amides is 4. The number of hydrogen-bond acceptors (Lipinski definition) is 19. The molecule has 4 amide bonds. The molecular weight excluding hydrogens is 1460 g/mol. The summed E-state index contributed by atoms with van der Waals surface area (Å²) in [4.78, 5) is 69.2. The van der Waals surface area contributed by atoms with E-state index in [1.807, 2.05) is 99.1 Å². The number of aryl methyl sites for hydroxylation is 1. The largest absolute Gasteiger partial charge is 0.501 e. The van der Waals surface area contributed by atoms with Crippen LogP contribution in [0, 0.1) is 18.3 Å². The minimum absolute atomic E-state index is 0.0258. The number of aromatic nitrogens is 2. The molecule has 0 radical (unpaired) electrons. The van der Waals surface area contributed by atoms with Crippen LogP contribution in [0.1, 0.15) is 131 Å². The van der Waals surface area contributed by atoms with Crippen molar-refractivity contribution in [1.29, 1.82) is 0 Å². The molecule has 2 aromatic heterocycles. The molecule has 5 heterocycles. The SMILES string of the molecule is Cc1ncsc1-c1ccc([C@H](C)NC(=O)[C@@H]2C[C@@H](O)CN2C(=O)[C@H](c2cc(OCCCCC(=O)N3CCN(CC[C@H](CSc4ccccc4)Nc4ccc(S(=O)(=O)NC(=O)c5ccc(N6CCN(CC7=C(c8ccc(Cl)cc8)CCC(C)(C)C7)CC6)cc5)cc4S(=O)(=O)C(F)(F)F)CC3)no2)C(C)C)cc1. The third-order valence-corrected chi connectivity index (χ3v) is 25.5. The number of benzene rings is 5. The molecule has 3 aliphatic heterocycles. The molecular formula is C77H92ClF3N10O11S4. The molecule has 3 saturated heterocycles. The normalized spacial score (nSPS) is 18.5. The molecule has 106 heavy (non-hydrogen) atoms. The van der Waals surface area contributed by atoms with Crippen LogP contribution in [-0.4, -0.2) is 183 Å². The van der Waals surface area contributed by atoms with Gasteiger partial charge in [-0.1, -0.05) is 99.5 Å². The van der Waals surface area contributed by atoms with Crippen LogP contribution in [0.3, 0.4) is 0 Å². The fourth-order valence-electron chi connectivity index (χ4n) is 14.2. The number of rotatable bonds is 29. The van der Waals surface area contributed by atoms with Gasteiger partial charge in [0.15, 0.2) is 5.76 Å². The maximum Gasteiger partial charge on any atom is 0.501 e. The first-order valence-electron chi connectivity index (χ1n) is 35.9. The van der Waals surface area contributed by atoms with Crippen LogP contribution in [-0.2, 0) is 34.2 Å². The van der Waals surface area contributed by atoms with Crippen molar-refractivity contribution in [1.82, 2.24) is 39.8 Å². The van der Waals surface area contributed by atoms with Crippen molar-refractivity contribution >= 4 is 95.1 Å². The number of hydrogen-bond donors (Lipinski definition) is 4. The number of alkyl halides is 3. The molecule has 4 aliphatic rings. The Balaban J connectivity index is 0.646. The number of sulfonamides is 1. The van der Waals surface area contributed by atoms with E-state index in [4.69, 9.17) is 20.9 Å². The Morgan fingerprint density at radius 2 is 1.53 bits per heavy atom. The molecule has 1 aliphatic carbocycles. The van der Waals surface area contributed by atoms with Crippen molar-refractivity contribution in [2.45, 2.75) is 143 Å². The minimum atomic E-state index is -6.18. The topological polar surface area (TPSA) is 257 Å². The van der Waals surface area contributed by atoms with Crippen molar-refractivity contribution in [2.24, 2.45) is 11.3 Å². The predicted molar refractivity (Wildman–Crippen MR) is 406 cm³/mol. The standard InChI is InChI=1S/C77H92ClF3N10O11S4/c1-50(2)71(75(96)91-47-61(92)42-66(91)74(95)83-51(3)53-15-17-55(18-16-53)72-52(4)82-49-104-72)67-44-69(85-102-67)101-41-11-10-14-70(93)90-39-33-87(34-40-90)32-30-59(48-103-62-12-8-7-9-13-62)84-65-28-27-63(43-68(65)105(97,98)77(79,80)81)106(99,100)86-73(94)56-21-25-60(26-22-56)89-37-35-88(36-38-89)46-57-45-76(5,6)31-29-64(57)54-19-23-58(78)24-20-54/h7-9,12-13,15-28,43-44,49-51,59,61,66,71,84,92H,10-11,14,29-42,45-48H2,1-6H3,(H,83,95)(H,86,94)/t51-,59+,61+,66-,71-/m0/s1. The summed E-state index contributed by atoms with van der Waals surface area (Å²) >= 11 is 9.18. The van der Waals surface area contributed by atoms with E-state index >= 15 is 0 Å². The molecule has 21 nitrogen and oxygen atoms in total. The number of halogens is 4. The van der Waals surface area contributed by atoms with Crippen LogP contribution in [0.5, 0.6) is 5.88 Å². The first kappa shape index (κ1) is 79.2. The summed E-state index contributed by atoms with van der Waals surface area (Å²) in [5.41, 5.74) is 3.31. The van der Waals surface area contributed by atoms with Gasteiger partial charge in [0.05, 0.1) is 45.4 Å². The van der Waals surface area contributed by atoms with Gasteiger partial charge < -0.3 is 39.7 Å². The molecule has 0 unspecified atom stereocenters. The average molecular weight is 1550 g/mol. The highest BCUT2D eigenvalue weighted by Crippen LogP contribution is 2.44. The zero-order chi connectivity index (χ0) is 75.7. The Morgan fingerprint density at radius 1 is 0.840 bits per heavy atom. The van der Waals surface area contributed by atoms with E-state index in [1.165, 1.54) is 45.5 Å². The fourth-order valence-corrected chi connectivity index (χ4v) is 18.2. The third-order valence-electron chi connectivity index (χ3n) is 20.2. The van der Waals surface area contributed by atoms with Gasteiger partial charge in [-0.25, -0.2) is 26.5 Å². The van der Waals surface area contributed by atoms with Gasteiger partial charge in [-0.05, 0) is 158 Å². The summed E-state index contributed by atoms with van der Waals surface area (Å²) in [5, 5.41) is 21.6. The lowest BCUT2D eigenvalue weighted by Crippen LogP contribution is -2.49. The number of nitrogens with zero attached hydrogens (tertiary/aromatic N) is 7. The van der Waals surface area contributed by atoms with Gasteiger partial charge in [-0.2, -0.15) is 13.2 Å². The van der Waals surface area contributed by atoms with Gasteiger partial charge in [0.2, 0.25) is 17.7 Å². The number of thiazole rings is 1. The van der Waals surface area contributed by atoms with Crippen molar-refractivity contribution < 1.29 is 63.6 Å².